The monoisotopic (exact) mass is 584 g/mol. The maximum absolute atomic E-state index is 14.1. The summed E-state index contributed by atoms with van der Waals surface area (Å²) in [6, 6.07) is 16.0. The number of rotatable bonds is 3. The lowest BCUT2D eigenvalue weighted by Crippen LogP contribution is -2.53. The van der Waals surface area contributed by atoms with Gasteiger partial charge in [-0.1, -0.05) is 64.6 Å². The van der Waals surface area contributed by atoms with Crippen molar-refractivity contribution in [1.29, 1.82) is 5.26 Å². The number of imide groups is 1. The highest BCUT2D eigenvalue weighted by Crippen LogP contribution is 2.55. The van der Waals surface area contributed by atoms with E-state index in [4.69, 9.17) is 46.4 Å². The van der Waals surface area contributed by atoms with Crippen LogP contribution in [0.5, 0.6) is 0 Å². The third kappa shape index (κ3) is 3.56. The second-order valence-electron chi connectivity index (χ2n) is 9.44. The Hall–Kier alpha value is -3.12. The second-order valence-corrected chi connectivity index (χ2v) is 11.2. The molecular weight excluding hydrogens is 570 g/mol. The van der Waals surface area contributed by atoms with Crippen molar-refractivity contribution >= 4 is 75.5 Å². The average Bonchev–Trinajstić information content (AvgIpc) is 3.44. The highest BCUT2D eigenvalue weighted by Gasteiger charge is 2.70. The molecule has 3 aromatic rings. The Morgan fingerprint density at radius 1 is 0.921 bits per heavy atom. The van der Waals surface area contributed by atoms with Crippen molar-refractivity contribution in [3.8, 4) is 6.07 Å². The van der Waals surface area contributed by atoms with Crippen molar-refractivity contribution in [1.82, 2.24) is 5.32 Å². The number of carbonyl (C=O) groups is 3. The van der Waals surface area contributed by atoms with Gasteiger partial charge in [0.2, 0.25) is 17.7 Å². The minimum atomic E-state index is -1.62. The van der Waals surface area contributed by atoms with Crippen LogP contribution in [0.1, 0.15) is 16.7 Å². The predicted molar refractivity (Wildman–Crippen MR) is 144 cm³/mol. The number of amides is 3. The topological polar surface area (TPSA) is 102 Å². The van der Waals surface area contributed by atoms with E-state index in [0.717, 1.165) is 4.90 Å². The van der Waals surface area contributed by atoms with Crippen LogP contribution in [0.15, 0.2) is 54.6 Å². The Labute approximate surface area is 237 Å². The summed E-state index contributed by atoms with van der Waals surface area (Å²) in [6.07, 6.45) is 0.215. The summed E-state index contributed by atoms with van der Waals surface area (Å²) in [5.41, 5.74) is 0.416. The minimum absolute atomic E-state index is 0.209. The van der Waals surface area contributed by atoms with Gasteiger partial charge in [0.25, 0.3) is 0 Å². The zero-order valence-corrected chi connectivity index (χ0v) is 22.3. The molecule has 0 aliphatic carbocycles. The van der Waals surface area contributed by atoms with Gasteiger partial charge in [0, 0.05) is 26.7 Å². The van der Waals surface area contributed by atoms with Crippen molar-refractivity contribution in [3.63, 3.8) is 0 Å². The predicted octanol–water partition coefficient (Wildman–Crippen LogP) is 5.34. The Balaban J connectivity index is 1.54. The zero-order chi connectivity index (χ0) is 26.9. The largest absolute Gasteiger partial charge is 0.323 e. The Morgan fingerprint density at radius 3 is 2.32 bits per heavy atom. The van der Waals surface area contributed by atoms with Crippen LogP contribution in [0.4, 0.5) is 11.4 Å². The summed E-state index contributed by atoms with van der Waals surface area (Å²) in [6.45, 7) is 0. The number of halogens is 4. The molecule has 1 spiro atoms. The molecule has 190 valence electrons. The van der Waals surface area contributed by atoms with Gasteiger partial charge in [0.15, 0.2) is 0 Å². The van der Waals surface area contributed by atoms with Crippen molar-refractivity contribution in [2.24, 2.45) is 11.8 Å². The lowest BCUT2D eigenvalue weighted by molar-refractivity contribution is -0.130. The quantitative estimate of drug-likeness (QED) is 0.404. The molecule has 3 aliphatic heterocycles. The summed E-state index contributed by atoms with van der Waals surface area (Å²) in [5, 5.41) is 16.7. The molecule has 2 saturated heterocycles. The van der Waals surface area contributed by atoms with Crippen molar-refractivity contribution in [3.05, 3.63) is 91.4 Å². The molecule has 3 aromatic carbocycles. The molecular formula is C27H16Cl4N4O3. The summed E-state index contributed by atoms with van der Waals surface area (Å²) < 4.78 is 0. The standard InChI is InChI=1S/C27H16Cl4N4O3/c28-14-6-15(29)8-17(7-14)35-24(36)21-20(5-12-3-1-2-4-13(12)11-32)34-27(22(21)25(35)37)18-9-16(30)10-19(31)23(18)33-26(27)38/h1-4,6-10,20-22,34H,5H2,(H,33,38). The fourth-order valence-electron chi connectivity index (χ4n) is 5.97. The molecule has 7 nitrogen and oxygen atoms in total. The highest BCUT2D eigenvalue weighted by atomic mass is 35.5. The molecule has 3 amide bonds. The fourth-order valence-corrected chi connectivity index (χ4v) is 7.02. The molecule has 4 unspecified atom stereocenters. The number of benzene rings is 3. The third-order valence-corrected chi connectivity index (χ3v) is 8.38. The summed E-state index contributed by atoms with van der Waals surface area (Å²) >= 11 is 25.1. The van der Waals surface area contributed by atoms with Crippen LogP contribution in [0.3, 0.4) is 0 Å². The Bertz CT molecular complexity index is 1600. The number of fused-ring (bicyclic) bond motifs is 4. The van der Waals surface area contributed by atoms with Crippen molar-refractivity contribution in [2.75, 3.05) is 10.2 Å². The first-order chi connectivity index (χ1) is 18.1. The van der Waals surface area contributed by atoms with Crippen LogP contribution >= 0.6 is 46.4 Å². The summed E-state index contributed by atoms with van der Waals surface area (Å²) in [5.74, 6) is -3.67. The van der Waals surface area contributed by atoms with Crippen molar-refractivity contribution in [2.45, 2.75) is 18.0 Å². The van der Waals surface area contributed by atoms with E-state index in [1.807, 2.05) is 0 Å². The van der Waals surface area contributed by atoms with Gasteiger partial charge >= 0.3 is 0 Å². The fraction of sp³-hybridized carbons (Fsp3) is 0.185. The molecule has 38 heavy (non-hydrogen) atoms. The van der Waals surface area contributed by atoms with Crippen LogP contribution in [0, 0.1) is 23.2 Å². The van der Waals surface area contributed by atoms with Gasteiger partial charge in [0.1, 0.15) is 5.54 Å². The van der Waals surface area contributed by atoms with Gasteiger partial charge in [-0.15, -0.1) is 0 Å². The molecule has 6 rings (SSSR count). The van der Waals surface area contributed by atoms with Gasteiger partial charge in [-0.3, -0.25) is 19.7 Å². The van der Waals surface area contributed by atoms with E-state index in [1.54, 1.807) is 30.3 Å². The average molecular weight is 586 g/mol. The molecule has 3 heterocycles. The molecule has 3 aliphatic rings. The molecule has 2 fully saturated rings. The molecule has 0 bridgehead atoms. The van der Waals surface area contributed by atoms with E-state index in [9.17, 15) is 19.6 Å². The van der Waals surface area contributed by atoms with Crippen LogP contribution < -0.4 is 15.5 Å². The van der Waals surface area contributed by atoms with Gasteiger partial charge in [-0.05, 0) is 48.4 Å². The molecule has 0 radical (unpaired) electrons. The Morgan fingerprint density at radius 2 is 1.61 bits per heavy atom. The van der Waals surface area contributed by atoms with Crippen LogP contribution in [0.2, 0.25) is 20.1 Å². The zero-order valence-electron chi connectivity index (χ0n) is 19.3. The number of nitriles is 1. The number of anilines is 2. The molecule has 4 atom stereocenters. The lowest BCUT2D eigenvalue weighted by atomic mass is 9.76. The SMILES string of the molecule is N#Cc1ccccc1CC1NC2(C(=O)Nc3c(Cl)cc(Cl)cc32)C2C(=O)N(c3cc(Cl)cc(Cl)c3)C(=O)C12. The van der Waals surface area contributed by atoms with Crippen LogP contribution in [-0.2, 0) is 26.3 Å². The highest BCUT2D eigenvalue weighted by molar-refractivity contribution is 6.38. The minimum Gasteiger partial charge on any atom is -0.323 e. The van der Waals surface area contributed by atoms with E-state index in [-0.39, 0.29) is 32.2 Å². The van der Waals surface area contributed by atoms with Gasteiger partial charge in [-0.25, -0.2) is 4.90 Å². The number of nitrogens with one attached hydrogen (secondary N) is 2. The third-order valence-electron chi connectivity index (χ3n) is 7.42. The van der Waals surface area contributed by atoms with E-state index in [2.05, 4.69) is 16.7 Å². The second kappa shape index (κ2) is 8.98. The van der Waals surface area contributed by atoms with E-state index >= 15 is 0 Å². The van der Waals surface area contributed by atoms with Crippen molar-refractivity contribution < 1.29 is 14.4 Å². The maximum Gasteiger partial charge on any atom is 0.250 e. The molecule has 11 heteroatoms. The van der Waals surface area contributed by atoms with Gasteiger partial charge in [-0.2, -0.15) is 5.26 Å². The normalized spacial score (nSPS) is 25.5. The number of nitrogens with zero attached hydrogens (tertiary/aromatic N) is 2. The number of hydrogen-bond acceptors (Lipinski definition) is 5. The summed E-state index contributed by atoms with van der Waals surface area (Å²) in [7, 11) is 0. The van der Waals surface area contributed by atoms with Gasteiger partial charge < -0.3 is 5.32 Å². The maximum atomic E-state index is 14.1. The number of carbonyl (C=O) groups excluding carboxylic acids is 3. The Kier molecular flexibility index (Phi) is 5.95. The first-order valence-corrected chi connectivity index (χ1v) is 13.1. The number of hydrogen-bond donors (Lipinski definition) is 2. The molecule has 0 aromatic heterocycles. The first-order valence-electron chi connectivity index (χ1n) is 11.6. The summed E-state index contributed by atoms with van der Waals surface area (Å²) in [4.78, 5) is 42.9. The van der Waals surface area contributed by atoms with E-state index < -0.39 is 41.1 Å². The van der Waals surface area contributed by atoms with Crippen LogP contribution in [-0.4, -0.2) is 23.8 Å². The first kappa shape index (κ1) is 25.2. The van der Waals surface area contributed by atoms with Crippen LogP contribution in [0.25, 0.3) is 0 Å². The van der Waals surface area contributed by atoms with E-state index in [1.165, 1.54) is 24.3 Å². The van der Waals surface area contributed by atoms with E-state index in [0.29, 0.717) is 22.4 Å². The van der Waals surface area contributed by atoms with Gasteiger partial charge in [0.05, 0.1) is 39.9 Å². The molecule has 0 saturated carbocycles. The molecule has 2 N–H and O–H groups in total. The smallest absolute Gasteiger partial charge is 0.250 e. The lowest BCUT2D eigenvalue weighted by Gasteiger charge is -2.30.